The van der Waals surface area contributed by atoms with Gasteiger partial charge in [0.2, 0.25) is 5.91 Å². The molecule has 2 rings (SSSR count). The van der Waals surface area contributed by atoms with Crippen LogP contribution in [-0.4, -0.2) is 31.0 Å². The molecule has 0 aliphatic rings. The van der Waals surface area contributed by atoms with Gasteiger partial charge >= 0.3 is 0 Å². The van der Waals surface area contributed by atoms with Crippen molar-refractivity contribution in [3.8, 4) is 5.75 Å². The van der Waals surface area contributed by atoms with Crippen LogP contribution < -0.4 is 15.4 Å². The van der Waals surface area contributed by atoms with Gasteiger partial charge in [0, 0.05) is 24.4 Å². The summed E-state index contributed by atoms with van der Waals surface area (Å²) in [5, 5.41) is 16.4. The van der Waals surface area contributed by atoms with Crippen LogP contribution in [0.4, 0.5) is 11.4 Å². The highest BCUT2D eigenvalue weighted by Crippen LogP contribution is 2.16. The topological polar surface area (TPSA) is 93.5 Å². The summed E-state index contributed by atoms with van der Waals surface area (Å²) >= 11 is 0. The molecule has 7 nitrogen and oxygen atoms in total. The zero-order valence-corrected chi connectivity index (χ0v) is 13.3. The second-order valence-corrected chi connectivity index (χ2v) is 5.11. The number of carbonyl (C=O) groups excluding carboxylic acids is 1. The van der Waals surface area contributed by atoms with Gasteiger partial charge in [0.05, 0.1) is 18.6 Å². The minimum absolute atomic E-state index is 0.0140. The number of benzene rings is 2. The van der Waals surface area contributed by atoms with E-state index in [0.29, 0.717) is 18.7 Å². The first-order chi connectivity index (χ1) is 11.6. The lowest BCUT2D eigenvalue weighted by atomic mass is 10.1. The summed E-state index contributed by atoms with van der Waals surface area (Å²) in [6.07, 6.45) is 0.715. The summed E-state index contributed by atoms with van der Waals surface area (Å²) < 4.78 is 5.09. The Kier molecular flexibility index (Phi) is 6.13. The van der Waals surface area contributed by atoms with Crippen molar-refractivity contribution in [1.29, 1.82) is 0 Å². The largest absolute Gasteiger partial charge is 0.497 e. The maximum absolute atomic E-state index is 11.8. The Morgan fingerprint density at radius 1 is 1.21 bits per heavy atom. The maximum Gasteiger partial charge on any atom is 0.271 e. The lowest BCUT2D eigenvalue weighted by molar-refractivity contribution is -0.384. The smallest absolute Gasteiger partial charge is 0.271 e. The number of rotatable bonds is 8. The average molecular weight is 329 g/mol. The van der Waals surface area contributed by atoms with Gasteiger partial charge in [-0.3, -0.25) is 14.9 Å². The van der Waals surface area contributed by atoms with E-state index in [2.05, 4.69) is 10.6 Å². The van der Waals surface area contributed by atoms with Crippen molar-refractivity contribution in [2.45, 2.75) is 6.42 Å². The third-order valence-corrected chi connectivity index (χ3v) is 3.40. The Morgan fingerprint density at radius 3 is 2.62 bits per heavy atom. The molecule has 2 aromatic carbocycles. The zero-order chi connectivity index (χ0) is 17.4. The van der Waals surface area contributed by atoms with Gasteiger partial charge in [0.25, 0.3) is 5.69 Å². The van der Waals surface area contributed by atoms with E-state index in [1.807, 2.05) is 24.3 Å². The lowest BCUT2D eigenvalue weighted by Gasteiger charge is -2.08. The average Bonchev–Trinajstić information content (AvgIpc) is 2.61. The standard InChI is InChI=1S/C17H19N3O4/c1-24-16-7-5-13(6-8-16)9-10-18-17(21)12-19-14-3-2-4-15(11-14)20(22)23/h2-8,11,19H,9-10,12H2,1H3,(H,18,21). The van der Waals surface area contributed by atoms with Gasteiger partial charge in [-0.1, -0.05) is 18.2 Å². The maximum atomic E-state index is 11.8. The van der Waals surface area contributed by atoms with Crippen LogP contribution in [0, 0.1) is 10.1 Å². The highest BCUT2D eigenvalue weighted by molar-refractivity contribution is 5.80. The van der Waals surface area contributed by atoms with Gasteiger partial charge in [-0.25, -0.2) is 0 Å². The van der Waals surface area contributed by atoms with Gasteiger partial charge in [-0.2, -0.15) is 0 Å². The summed E-state index contributed by atoms with van der Waals surface area (Å²) in [6.45, 7) is 0.575. The third kappa shape index (κ3) is 5.28. The monoisotopic (exact) mass is 329 g/mol. The number of amides is 1. The van der Waals surface area contributed by atoms with E-state index < -0.39 is 4.92 Å². The van der Waals surface area contributed by atoms with Crippen molar-refractivity contribution >= 4 is 17.3 Å². The van der Waals surface area contributed by atoms with Crippen molar-refractivity contribution in [1.82, 2.24) is 5.32 Å². The molecule has 7 heteroatoms. The highest BCUT2D eigenvalue weighted by Gasteiger charge is 2.06. The van der Waals surface area contributed by atoms with Crippen LogP contribution in [0.5, 0.6) is 5.75 Å². The van der Waals surface area contributed by atoms with E-state index >= 15 is 0 Å². The number of nitrogens with one attached hydrogen (secondary N) is 2. The van der Waals surface area contributed by atoms with Crippen LogP contribution in [0.2, 0.25) is 0 Å². The first kappa shape index (κ1) is 17.3. The number of hydrogen-bond donors (Lipinski definition) is 2. The van der Waals surface area contributed by atoms with Crippen molar-refractivity contribution in [2.24, 2.45) is 0 Å². The van der Waals surface area contributed by atoms with E-state index in [-0.39, 0.29) is 18.1 Å². The molecule has 0 saturated carbocycles. The number of anilines is 1. The summed E-state index contributed by atoms with van der Waals surface area (Å²) in [5.74, 6) is 0.624. The summed E-state index contributed by atoms with van der Waals surface area (Å²) in [6, 6.07) is 13.7. The molecular formula is C17H19N3O4. The minimum Gasteiger partial charge on any atom is -0.497 e. The number of nitro groups is 1. The molecule has 0 heterocycles. The second kappa shape index (κ2) is 8.52. The molecule has 0 radical (unpaired) electrons. The van der Waals surface area contributed by atoms with Crippen molar-refractivity contribution in [3.63, 3.8) is 0 Å². The molecule has 126 valence electrons. The normalized spacial score (nSPS) is 10.0. The molecule has 0 aliphatic heterocycles. The summed E-state index contributed by atoms with van der Waals surface area (Å²) in [7, 11) is 1.61. The molecule has 0 bridgehead atoms. The van der Waals surface area contributed by atoms with Crippen LogP contribution in [0.15, 0.2) is 48.5 Å². The molecule has 2 aromatic rings. The molecule has 0 unspecified atom stereocenters. The first-order valence-electron chi connectivity index (χ1n) is 7.46. The van der Waals surface area contributed by atoms with Crippen LogP contribution in [-0.2, 0) is 11.2 Å². The number of methoxy groups -OCH3 is 1. The fraction of sp³-hybridized carbons (Fsp3) is 0.235. The second-order valence-electron chi connectivity index (χ2n) is 5.11. The van der Waals surface area contributed by atoms with Gasteiger partial charge < -0.3 is 15.4 Å². The lowest BCUT2D eigenvalue weighted by Crippen LogP contribution is -2.31. The molecule has 0 aromatic heterocycles. The summed E-state index contributed by atoms with van der Waals surface area (Å²) in [4.78, 5) is 22.0. The number of hydrogen-bond acceptors (Lipinski definition) is 5. The van der Waals surface area contributed by atoms with Crippen molar-refractivity contribution in [3.05, 3.63) is 64.2 Å². The number of nitrogens with zero attached hydrogens (tertiary/aromatic N) is 1. The Balaban J connectivity index is 1.73. The Hall–Kier alpha value is -3.09. The van der Waals surface area contributed by atoms with Gasteiger partial charge in [0.1, 0.15) is 5.75 Å². The van der Waals surface area contributed by atoms with Crippen molar-refractivity contribution in [2.75, 3.05) is 25.5 Å². The quantitative estimate of drug-likeness (QED) is 0.573. The number of non-ortho nitro benzene ring substituents is 1. The molecule has 1 amide bonds. The van der Waals surface area contributed by atoms with E-state index in [1.165, 1.54) is 12.1 Å². The van der Waals surface area contributed by atoms with Gasteiger partial charge in [-0.05, 0) is 30.2 Å². The molecule has 0 spiro atoms. The molecule has 0 aliphatic carbocycles. The van der Waals surface area contributed by atoms with Crippen molar-refractivity contribution < 1.29 is 14.5 Å². The minimum atomic E-state index is -0.472. The van der Waals surface area contributed by atoms with E-state index in [1.54, 1.807) is 19.2 Å². The zero-order valence-electron chi connectivity index (χ0n) is 13.3. The third-order valence-electron chi connectivity index (χ3n) is 3.40. The molecule has 2 N–H and O–H groups in total. The SMILES string of the molecule is COc1ccc(CCNC(=O)CNc2cccc([N+](=O)[O-])c2)cc1. The fourth-order valence-corrected chi connectivity index (χ4v) is 2.11. The van der Waals surface area contributed by atoms with E-state index in [0.717, 1.165) is 11.3 Å². The van der Waals surface area contributed by atoms with Crippen LogP contribution in [0.3, 0.4) is 0 Å². The van der Waals surface area contributed by atoms with Crippen LogP contribution in [0.1, 0.15) is 5.56 Å². The molecule has 0 atom stereocenters. The van der Waals surface area contributed by atoms with Crippen LogP contribution >= 0.6 is 0 Å². The number of nitro benzene ring substituents is 1. The Labute approximate surface area is 139 Å². The molecular weight excluding hydrogens is 310 g/mol. The Morgan fingerprint density at radius 2 is 1.96 bits per heavy atom. The molecule has 0 saturated heterocycles. The van der Waals surface area contributed by atoms with Crippen LogP contribution in [0.25, 0.3) is 0 Å². The predicted molar refractivity (Wildman–Crippen MR) is 91.3 cm³/mol. The Bertz CT molecular complexity index is 701. The highest BCUT2D eigenvalue weighted by atomic mass is 16.6. The number of carbonyl (C=O) groups is 1. The van der Waals surface area contributed by atoms with E-state index in [4.69, 9.17) is 4.74 Å². The molecule has 0 fully saturated rings. The fourth-order valence-electron chi connectivity index (χ4n) is 2.11. The summed E-state index contributed by atoms with van der Waals surface area (Å²) in [5.41, 5.74) is 1.62. The molecule has 24 heavy (non-hydrogen) atoms. The van der Waals surface area contributed by atoms with Gasteiger partial charge in [0.15, 0.2) is 0 Å². The van der Waals surface area contributed by atoms with E-state index in [9.17, 15) is 14.9 Å². The predicted octanol–water partition coefficient (Wildman–Crippen LogP) is 2.37. The number of ether oxygens (including phenoxy) is 1. The first-order valence-corrected chi connectivity index (χ1v) is 7.46. The van der Waals surface area contributed by atoms with Gasteiger partial charge in [-0.15, -0.1) is 0 Å².